The molecule has 1 heterocycles. The predicted molar refractivity (Wildman–Crippen MR) is 108 cm³/mol. The van der Waals surface area contributed by atoms with Gasteiger partial charge in [0.25, 0.3) is 0 Å². The SMILES string of the molecule is Cc1ccc(S(=O)(=O)N2CCN(C(=O)CSc3ccc(F)cc3)CC2)c(C)c1. The van der Waals surface area contributed by atoms with E-state index in [-0.39, 0.29) is 30.6 Å². The molecule has 0 radical (unpaired) electrons. The fraction of sp³-hybridized carbons (Fsp3) is 0.350. The molecule has 0 atom stereocenters. The Labute approximate surface area is 169 Å². The summed E-state index contributed by atoms with van der Waals surface area (Å²) < 4.78 is 40.2. The molecule has 1 aliphatic heterocycles. The van der Waals surface area contributed by atoms with Gasteiger partial charge in [0.15, 0.2) is 0 Å². The van der Waals surface area contributed by atoms with E-state index in [0.29, 0.717) is 18.0 Å². The molecular weight excluding hydrogens is 399 g/mol. The molecular formula is C20H23FN2O3S2. The average Bonchev–Trinajstić information content (AvgIpc) is 2.67. The van der Waals surface area contributed by atoms with E-state index in [9.17, 15) is 17.6 Å². The molecule has 28 heavy (non-hydrogen) atoms. The lowest BCUT2D eigenvalue weighted by molar-refractivity contribution is -0.129. The van der Waals surface area contributed by atoms with E-state index in [1.165, 1.54) is 28.2 Å². The number of benzene rings is 2. The largest absolute Gasteiger partial charge is 0.339 e. The van der Waals surface area contributed by atoms with Crippen molar-refractivity contribution in [2.24, 2.45) is 0 Å². The third kappa shape index (κ3) is 4.74. The van der Waals surface area contributed by atoms with Gasteiger partial charge in [0.05, 0.1) is 10.6 Å². The van der Waals surface area contributed by atoms with Crippen molar-refractivity contribution in [3.05, 3.63) is 59.4 Å². The van der Waals surface area contributed by atoms with Gasteiger partial charge in [-0.15, -0.1) is 11.8 Å². The number of amides is 1. The molecule has 3 rings (SSSR count). The highest BCUT2D eigenvalue weighted by Crippen LogP contribution is 2.23. The second kappa shape index (κ2) is 8.63. The third-order valence-corrected chi connectivity index (χ3v) is 7.77. The first-order chi connectivity index (χ1) is 13.3. The van der Waals surface area contributed by atoms with Gasteiger partial charge in [0, 0.05) is 31.1 Å². The standard InChI is InChI=1S/C20H23FN2O3S2/c1-15-3-8-19(16(2)13-15)28(25,26)23-11-9-22(10-12-23)20(24)14-27-18-6-4-17(21)5-7-18/h3-8,13H,9-12,14H2,1-2H3. The minimum absolute atomic E-state index is 0.0436. The lowest BCUT2D eigenvalue weighted by Crippen LogP contribution is -2.51. The fourth-order valence-electron chi connectivity index (χ4n) is 3.17. The molecule has 1 saturated heterocycles. The summed E-state index contributed by atoms with van der Waals surface area (Å²) >= 11 is 1.35. The summed E-state index contributed by atoms with van der Waals surface area (Å²) in [6.07, 6.45) is 0. The topological polar surface area (TPSA) is 57.7 Å². The first-order valence-corrected chi connectivity index (χ1v) is 11.4. The minimum atomic E-state index is -3.56. The second-order valence-corrected chi connectivity index (χ2v) is 9.75. The van der Waals surface area contributed by atoms with E-state index in [0.717, 1.165) is 16.0 Å². The average molecular weight is 423 g/mol. The van der Waals surface area contributed by atoms with Crippen LogP contribution in [-0.4, -0.2) is 55.5 Å². The van der Waals surface area contributed by atoms with Crippen LogP contribution < -0.4 is 0 Å². The van der Waals surface area contributed by atoms with Gasteiger partial charge < -0.3 is 4.90 Å². The third-order valence-electron chi connectivity index (χ3n) is 4.72. The summed E-state index contributed by atoms with van der Waals surface area (Å²) in [5.41, 5.74) is 1.75. The van der Waals surface area contributed by atoms with Crippen LogP contribution in [0.1, 0.15) is 11.1 Å². The highest BCUT2D eigenvalue weighted by atomic mass is 32.2. The second-order valence-electron chi connectivity index (χ2n) is 6.80. The van der Waals surface area contributed by atoms with E-state index in [2.05, 4.69) is 0 Å². The number of aryl methyl sites for hydroxylation is 2. The Morgan fingerprint density at radius 3 is 2.29 bits per heavy atom. The zero-order valence-corrected chi connectivity index (χ0v) is 17.5. The molecule has 0 aromatic heterocycles. The van der Waals surface area contributed by atoms with Crippen molar-refractivity contribution in [1.29, 1.82) is 0 Å². The predicted octanol–water partition coefficient (Wildman–Crippen LogP) is 3.07. The minimum Gasteiger partial charge on any atom is -0.339 e. The van der Waals surface area contributed by atoms with Crippen LogP contribution >= 0.6 is 11.8 Å². The van der Waals surface area contributed by atoms with Crippen LogP contribution in [0.4, 0.5) is 4.39 Å². The van der Waals surface area contributed by atoms with Crippen LogP contribution in [-0.2, 0) is 14.8 Å². The summed E-state index contributed by atoms with van der Waals surface area (Å²) in [5, 5.41) is 0. The number of piperazine rings is 1. The molecule has 1 amide bonds. The van der Waals surface area contributed by atoms with Crippen LogP contribution in [0.3, 0.4) is 0 Å². The van der Waals surface area contributed by atoms with Crippen molar-refractivity contribution in [2.75, 3.05) is 31.9 Å². The zero-order chi connectivity index (χ0) is 20.3. The maximum atomic E-state index is 12.9. The van der Waals surface area contributed by atoms with Crippen LogP contribution in [0, 0.1) is 19.7 Å². The summed E-state index contributed by atoms with van der Waals surface area (Å²) in [6.45, 7) is 5.02. The number of hydrogen-bond donors (Lipinski definition) is 0. The maximum absolute atomic E-state index is 12.9. The Kier molecular flexibility index (Phi) is 6.42. The Morgan fingerprint density at radius 2 is 1.68 bits per heavy atom. The van der Waals surface area contributed by atoms with Crippen molar-refractivity contribution in [3.8, 4) is 0 Å². The summed E-state index contributed by atoms with van der Waals surface area (Å²) in [7, 11) is -3.56. The Morgan fingerprint density at radius 1 is 1.04 bits per heavy atom. The number of thioether (sulfide) groups is 1. The Balaban J connectivity index is 1.57. The van der Waals surface area contributed by atoms with Crippen LogP contribution in [0.2, 0.25) is 0 Å². The van der Waals surface area contributed by atoms with E-state index in [1.807, 2.05) is 13.0 Å². The summed E-state index contributed by atoms with van der Waals surface area (Å²) in [5.74, 6) is -0.107. The zero-order valence-electron chi connectivity index (χ0n) is 15.9. The summed E-state index contributed by atoms with van der Waals surface area (Å²) in [4.78, 5) is 15.3. The number of sulfonamides is 1. The Hall–Kier alpha value is -1.90. The van der Waals surface area contributed by atoms with Crippen molar-refractivity contribution < 1.29 is 17.6 Å². The number of carbonyl (C=O) groups excluding carboxylic acids is 1. The molecule has 150 valence electrons. The van der Waals surface area contributed by atoms with Gasteiger partial charge in [-0.05, 0) is 49.7 Å². The summed E-state index contributed by atoms with van der Waals surface area (Å²) in [6, 6.07) is 11.3. The van der Waals surface area contributed by atoms with Gasteiger partial charge in [-0.3, -0.25) is 4.79 Å². The van der Waals surface area contributed by atoms with E-state index in [1.54, 1.807) is 36.1 Å². The molecule has 1 fully saturated rings. The van der Waals surface area contributed by atoms with Crippen LogP contribution in [0.5, 0.6) is 0 Å². The first-order valence-electron chi connectivity index (χ1n) is 9.01. The lowest BCUT2D eigenvalue weighted by Gasteiger charge is -2.34. The van der Waals surface area contributed by atoms with Crippen molar-refractivity contribution in [3.63, 3.8) is 0 Å². The van der Waals surface area contributed by atoms with Gasteiger partial charge in [0.2, 0.25) is 15.9 Å². The van der Waals surface area contributed by atoms with E-state index < -0.39 is 10.0 Å². The molecule has 0 spiro atoms. The quantitative estimate of drug-likeness (QED) is 0.695. The van der Waals surface area contributed by atoms with Crippen LogP contribution in [0.15, 0.2) is 52.3 Å². The number of nitrogens with zero attached hydrogens (tertiary/aromatic N) is 2. The van der Waals surface area contributed by atoms with Gasteiger partial charge >= 0.3 is 0 Å². The molecule has 5 nitrogen and oxygen atoms in total. The lowest BCUT2D eigenvalue weighted by atomic mass is 10.2. The first kappa shape index (κ1) is 20.8. The molecule has 0 unspecified atom stereocenters. The molecule has 0 aliphatic carbocycles. The molecule has 0 saturated carbocycles. The van der Waals surface area contributed by atoms with Gasteiger partial charge in [0.1, 0.15) is 5.82 Å². The highest BCUT2D eigenvalue weighted by molar-refractivity contribution is 8.00. The van der Waals surface area contributed by atoms with E-state index >= 15 is 0 Å². The van der Waals surface area contributed by atoms with E-state index in [4.69, 9.17) is 0 Å². The van der Waals surface area contributed by atoms with Crippen molar-refractivity contribution >= 4 is 27.7 Å². The molecule has 8 heteroatoms. The molecule has 0 bridgehead atoms. The highest BCUT2D eigenvalue weighted by Gasteiger charge is 2.30. The smallest absolute Gasteiger partial charge is 0.243 e. The number of rotatable bonds is 5. The van der Waals surface area contributed by atoms with Crippen molar-refractivity contribution in [2.45, 2.75) is 23.6 Å². The van der Waals surface area contributed by atoms with Gasteiger partial charge in [-0.25, -0.2) is 12.8 Å². The maximum Gasteiger partial charge on any atom is 0.243 e. The normalized spacial score (nSPS) is 15.6. The molecule has 0 N–H and O–H groups in total. The Bertz CT molecular complexity index is 954. The van der Waals surface area contributed by atoms with Gasteiger partial charge in [-0.1, -0.05) is 17.7 Å². The number of carbonyl (C=O) groups is 1. The molecule has 1 aliphatic rings. The molecule has 2 aromatic rings. The van der Waals surface area contributed by atoms with Crippen molar-refractivity contribution in [1.82, 2.24) is 9.21 Å². The van der Waals surface area contributed by atoms with Gasteiger partial charge in [-0.2, -0.15) is 4.31 Å². The molecule has 2 aromatic carbocycles. The monoisotopic (exact) mass is 422 g/mol. The number of hydrogen-bond acceptors (Lipinski definition) is 4. The fourth-order valence-corrected chi connectivity index (χ4v) is 5.60. The number of halogens is 1. The van der Waals surface area contributed by atoms with Crippen LogP contribution in [0.25, 0.3) is 0 Å².